The molecule has 1 aliphatic heterocycles. The predicted molar refractivity (Wildman–Crippen MR) is 162 cm³/mol. The van der Waals surface area contributed by atoms with Gasteiger partial charge in [0.05, 0.1) is 28.1 Å². The molecule has 0 aliphatic carbocycles. The molecule has 1 atom stereocenters. The summed E-state index contributed by atoms with van der Waals surface area (Å²) in [5.74, 6) is -0.586. The maximum Gasteiger partial charge on any atom is 0.253 e. The zero-order chi connectivity index (χ0) is 29.0. The monoisotopic (exact) mass is 594 g/mol. The first kappa shape index (κ1) is 29.1. The molecular formula is C32H33Cl2FN4O2. The van der Waals surface area contributed by atoms with E-state index in [1.165, 1.54) is 12.1 Å². The average Bonchev–Trinajstić information content (AvgIpc) is 3.38. The number of hydrogen-bond donors (Lipinski definition) is 3. The van der Waals surface area contributed by atoms with E-state index in [-0.39, 0.29) is 35.6 Å². The minimum atomic E-state index is -0.355. The molecule has 6 nitrogen and oxygen atoms in total. The molecule has 2 amide bonds. The van der Waals surface area contributed by atoms with Crippen LogP contribution in [0.25, 0.3) is 10.9 Å². The second-order valence-corrected chi connectivity index (χ2v) is 11.8. The van der Waals surface area contributed by atoms with Gasteiger partial charge in [0.2, 0.25) is 5.91 Å². The first-order valence-corrected chi connectivity index (χ1v) is 14.5. The van der Waals surface area contributed by atoms with E-state index in [0.29, 0.717) is 22.0 Å². The van der Waals surface area contributed by atoms with Crippen molar-refractivity contribution in [2.24, 2.45) is 0 Å². The highest BCUT2D eigenvalue weighted by Crippen LogP contribution is 2.26. The molecule has 0 unspecified atom stereocenters. The minimum absolute atomic E-state index is 0.0505. The van der Waals surface area contributed by atoms with Gasteiger partial charge >= 0.3 is 0 Å². The number of aromatic amines is 1. The Hall–Kier alpha value is -3.39. The Bertz CT molecular complexity index is 1550. The normalized spacial score (nSPS) is 15.9. The van der Waals surface area contributed by atoms with E-state index in [4.69, 9.17) is 23.2 Å². The Morgan fingerprint density at radius 1 is 1.02 bits per heavy atom. The Labute approximate surface area is 249 Å². The van der Waals surface area contributed by atoms with Gasteiger partial charge in [0.15, 0.2) is 0 Å². The Balaban J connectivity index is 1.18. The fourth-order valence-corrected chi connectivity index (χ4v) is 5.78. The zero-order valence-electron chi connectivity index (χ0n) is 22.9. The summed E-state index contributed by atoms with van der Waals surface area (Å²) in [6.07, 6.45) is 4.17. The van der Waals surface area contributed by atoms with Gasteiger partial charge in [-0.25, -0.2) is 4.39 Å². The van der Waals surface area contributed by atoms with Crippen LogP contribution >= 0.6 is 23.2 Å². The second kappa shape index (κ2) is 12.6. The van der Waals surface area contributed by atoms with Crippen molar-refractivity contribution in [2.75, 3.05) is 19.6 Å². The number of benzene rings is 3. The lowest BCUT2D eigenvalue weighted by molar-refractivity contribution is -0.122. The number of carbonyl (C=O) groups is 2. The molecule has 1 fully saturated rings. The summed E-state index contributed by atoms with van der Waals surface area (Å²) in [5, 5.41) is 8.10. The van der Waals surface area contributed by atoms with E-state index in [9.17, 15) is 14.0 Å². The Morgan fingerprint density at radius 3 is 2.56 bits per heavy atom. The smallest absolute Gasteiger partial charge is 0.253 e. The van der Waals surface area contributed by atoms with Crippen LogP contribution in [0.5, 0.6) is 0 Å². The van der Waals surface area contributed by atoms with E-state index in [1.54, 1.807) is 24.4 Å². The molecule has 0 bridgehead atoms. The Kier molecular flexibility index (Phi) is 8.97. The highest BCUT2D eigenvalue weighted by atomic mass is 35.5. The lowest BCUT2D eigenvalue weighted by atomic mass is 9.89. The lowest BCUT2D eigenvalue weighted by Gasteiger charge is -2.40. The molecule has 0 radical (unpaired) electrons. The summed E-state index contributed by atoms with van der Waals surface area (Å²) in [6, 6.07) is 18.9. The summed E-state index contributed by atoms with van der Waals surface area (Å²) >= 11 is 12.1. The second-order valence-electron chi connectivity index (χ2n) is 11.0. The summed E-state index contributed by atoms with van der Waals surface area (Å²) < 4.78 is 14.1. The van der Waals surface area contributed by atoms with Crippen LogP contribution in [-0.4, -0.2) is 46.9 Å². The molecule has 1 aromatic heterocycles. The fraction of sp³-hybridized carbons (Fsp3) is 0.312. The van der Waals surface area contributed by atoms with Gasteiger partial charge in [-0.1, -0.05) is 59.6 Å². The van der Waals surface area contributed by atoms with Crippen molar-refractivity contribution in [2.45, 2.75) is 44.2 Å². The molecular weight excluding hydrogens is 562 g/mol. The minimum Gasteiger partial charge on any atom is -0.360 e. The van der Waals surface area contributed by atoms with E-state index in [2.05, 4.69) is 27.4 Å². The van der Waals surface area contributed by atoms with Crippen LogP contribution in [0.4, 0.5) is 4.39 Å². The number of nitrogens with one attached hydrogen (secondary N) is 3. The first-order valence-electron chi connectivity index (χ1n) is 13.8. The van der Waals surface area contributed by atoms with E-state index < -0.39 is 0 Å². The number of nitrogens with zero attached hydrogens (tertiary/aromatic N) is 1. The molecule has 0 saturated carbocycles. The molecule has 4 aromatic rings. The first-order chi connectivity index (χ1) is 19.7. The standard InChI is InChI=1S/C32H33Cl2FN4O2/c1-32(38-30(40)18-21-9-10-26(33)27(34)17-21)12-15-39(16-13-32)14-11-28(22-5-4-6-23(35)19-22)37-31(41)25-20-36-29-8-3-2-7-24(25)29/h2-10,17,19-20,28,36H,11-16,18H2,1H3,(H,37,41)(H,38,40)/t28-/m0/s1. The fourth-order valence-electron chi connectivity index (χ4n) is 5.46. The van der Waals surface area contributed by atoms with Crippen molar-refractivity contribution in [3.8, 4) is 0 Å². The molecule has 9 heteroatoms. The summed E-state index contributed by atoms with van der Waals surface area (Å²) in [5.41, 5.74) is 2.69. The quantitative estimate of drug-likeness (QED) is 0.202. The summed E-state index contributed by atoms with van der Waals surface area (Å²) in [7, 11) is 0. The van der Waals surface area contributed by atoms with Gasteiger partial charge < -0.3 is 20.5 Å². The summed E-state index contributed by atoms with van der Waals surface area (Å²) in [6.45, 7) is 4.41. The molecule has 214 valence electrons. The number of amides is 2. The van der Waals surface area contributed by atoms with Crippen LogP contribution in [0.1, 0.15) is 53.7 Å². The SMILES string of the molecule is CC1(NC(=O)Cc2ccc(Cl)c(Cl)c2)CCN(CC[C@H](NC(=O)c2c[nH]c3ccccc23)c2cccc(F)c2)CC1. The van der Waals surface area contributed by atoms with Gasteiger partial charge in [-0.05, 0) is 67.6 Å². The van der Waals surface area contributed by atoms with Crippen molar-refractivity contribution in [1.82, 2.24) is 20.5 Å². The molecule has 3 aromatic carbocycles. The van der Waals surface area contributed by atoms with Crippen LogP contribution in [-0.2, 0) is 11.2 Å². The van der Waals surface area contributed by atoms with Crippen LogP contribution in [0.15, 0.2) is 72.9 Å². The van der Waals surface area contributed by atoms with E-state index in [1.807, 2.05) is 36.4 Å². The lowest BCUT2D eigenvalue weighted by Crippen LogP contribution is -2.53. The van der Waals surface area contributed by atoms with E-state index in [0.717, 1.165) is 54.5 Å². The van der Waals surface area contributed by atoms with Crippen LogP contribution in [0.3, 0.4) is 0 Å². The van der Waals surface area contributed by atoms with Crippen molar-refractivity contribution < 1.29 is 14.0 Å². The number of carbonyl (C=O) groups excluding carboxylic acids is 2. The van der Waals surface area contributed by atoms with Gasteiger partial charge in [0.1, 0.15) is 5.82 Å². The highest BCUT2D eigenvalue weighted by Gasteiger charge is 2.32. The third-order valence-electron chi connectivity index (χ3n) is 7.87. The highest BCUT2D eigenvalue weighted by molar-refractivity contribution is 6.42. The number of aromatic nitrogens is 1. The molecule has 0 spiro atoms. The topological polar surface area (TPSA) is 77.2 Å². The zero-order valence-corrected chi connectivity index (χ0v) is 24.4. The number of fused-ring (bicyclic) bond motifs is 1. The number of para-hydroxylation sites is 1. The number of halogens is 3. The van der Waals surface area contributed by atoms with Crippen LogP contribution in [0, 0.1) is 5.82 Å². The molecule has 2 heterocycles. The molecule has 41 heavy (non-hydrogen) atoms. The largest absolute Gasteiger partial charge is 0.360 e. The molecule has 1 saturated heterocycles. The van der Waals surface area contributed by atoms with Crippen LogP contribution < -0.4 is 10.6 Å². The molecule has 5 rings (SSSR count). The van der Waals surface area contributed by atoms with Gasteiger partial charge in [0.25, 0.3) is 5.91 Å². The van der Waals surface area contributed by atoms with Gasteiger partial charge in [-0.2, -0.15) is 0 Å². The summed E-state index contributed by atoms with van der Waals surface area (Å²) in [4.78, 5) is 31.5. The molecule has 3 N–H and O–H groups in total. The maximum atomic E-state index is 14.1. The number of rotatable bonds is 9. The van der Waals surface area contributed by atoms with Crippen LogP contribution in [0.2, 0.25) is 10.0 Å². The van der Waals surface area contributed by atoms with Crippen molar-refractivity contribution in [1.29, 1.82) is 0 Å². The number of piperidine rings is 1. The van der Waals surface area contributed by atoms with Crippen molar-refractivity contribution in [3.05, 3.63) is 105 Å². The van der Waals surface area contributed by atoms with Crippen molar-refractivity contribution >= 4 is 45.9 Å². The van der Waals surface area contributed by atoms with Crippen molar-refractivity contribution in [3.63, 3.8) is 0 Å². The maximum absolute atomic E-state index is 14.1. The molecule has 1 aliphatic rings. The average molecular weight is 596 g/mol. The van der Waals surface area contributed by atoms with E-state index >= 15 is 0 Å². The predicted octanol–water partition coefficient (Wildman–Crippen LogP) is 6.69. The number of H-pyrrole nitrogens is 1. The third-order valence-corrected chi connectivity index (χ3v) is 8.61. The Morgan fingerprint density at radius 2 is 1.80 bits per heavy atom. The number of hydrogen-bond acceptors (Lipinski definition) is 3. The number of likely N-dealkylation sites (tertiary alicyclic amines) is 1. The van der Waals surface area contributed by atoms with Gasteiger partial charge in [-0.3, -0.25) is 9.59 Å². The third kappa shape index (κ3) is 7.28. The van der Waals surface area contributed by atoms with Gasteiger partial charge in [0, 0.05) is 42.3 Å². The van der Waals surface area contributed by atoms with Gasteiger partial charge in [-0.15, -0.1) is 0 Å².